The highest BCUT2D eigenvalue weighted by molar-refractivity contribution is 8.00. The Kier molecular flexibility index (Phi) is 4.45. The minimum Gasteiger partial charge on any atom is -0.378 e. The number of hydrogen-bond acceptors (Lipinski definition) is 4. The van der Waals surface area contributed by atoms with Crippen LogP contribution in [0.3, 0.4) is 0 Å². The van der Waals surface area contributed by atoms with E-state index in [0.717, 1.165) is 25.9 Å². The Hall–Kier alpha value is -0.750. The van der Waals surface area contributed by atoms with Gasteiger partial charge >= 0.3 is 0 Å². The molecule has 21 heavy (non-hydrogen) atoms. The summed E-state index contributed by atoms with van der Waals surface area (Å²) in [6.45, 7) is 2.32. The van der Waals surface area contributed by atoms with E-state index in [-0.39, 0.29) is 18.4 Å². The molecule has 0 spiro atoms. The highest BCUT2D eigenvalue weighted by Crippen LogP contribution is 2.34. The molecule has 1 aliphatic carbocycles. The number of likely N-dealkylation sites (tertiary alicyclic amines) is 2. The first-order valence-electron chi connectivity index (χ1n) is 8.00. The van der Waals surface area contributed by atoms with E-state index in [0.29, 0.717) is 30.4 Å². The highest BCUT2D eigenvalue weighted by Gasteiger charge is 2.44. The van der Waals surface area contributed by atoms with Crippen molar-refractivity contribution in [2.45, 2.75) is 49.4 Å². The van der Waals surface area contributed by atoms with E-state index in [1.807, 2.05) is 0 Å². The molecule has 1 N–H and O–H groups in total. The van der Waals surface area contributed by atoms with Crippen molar-refractivity contribution in [1.29, 1.82) is 0 Å². The van der Waals surface area contributed by atoms with E-state index in [4.69, 9.17) is 0 Å². The molecule has 5 nitrogen and oxygen atoms in total. The van der Waals surface area contributed by atoms with Gasteiger partial charge in [0.05, 0.1) is 12.3 Å². The first-order valence-corrected chi connectivity index (χ1v) is 9.04. The Morgan fingerprint density at radius 3 is 2.43 bits per heavy atom. The zero-order valence-electron chi connectivity index (χ0n) is 12.4. The number of hydrogen-bond donors (Lipinski definition) is 1. The van der Waals surface area contributed by atoms with Crippen LogP contribution < -0.4 is 0 Å². The molecule has 1 saturated carbocycles. The van der Waals surface area contributed by atoms with Crippen LogP contribution in [0.5, 0.6) is 0 Å². The number of amides is 2. The molecular formula is C15H24N2O3S. The monoisotopic (exact) mass is 312 g/mol. The number of nitrogens with zero attached hydrogens (tertiary/aromatic N) is 2. The normalized spacial score (nSPS) is 29.8. The number of aliphatic hydroxyl groups is 1. The predicted molar refractivity (Wildman–Crippen MR) is 82.1 cm³/mol. The number of carbonyl (C=O) groups is 2. The van der Waals surface area contributed by atoms with Crippen LogP contribution in [0.2, 0.25) is 0 Å². The molecule has 2 heterocycles. The van der Waals surface area contributed by atoms with Crippen LogP contribution in [0.15, 0.2) is 0 Å². The number of carbonyl (C=O) groups excluding carboxylic acids is 2. The van der Waals surface area contributed by atoms with Gasteiger partial charge in [0.2, 0.25) is 5.91 Å². The second kappa shape index (κ2) is 6.16. The summed E-state index contributed by atoms with van der Waals surface area (Å²) < 4.78 is 0. The summed E-state index contributed by atoms with van der Waals surface area (Å²) >= 11 is 1.71. The number of rotatable bonds is 4. The number of piperidine rings is 1. The van der Waals surface area contributed by atoms with E-state index in [2.05, 4.69) is 0 Å². The van der Waals surface area contributed by atoms with Crippen LogP contribution >= 0.6 is 11.8 Å². The molecule has 2 amide bonds. The molecule has 1 unspecified atom stereocenters. The maximum Gasteiger partial charge on any atom is 0.256 e. The minimum absolute atomic E-state index is 0.0687. The smallest absolute Gasteiger partial charge is 0.256 e. The Morgan fingerprint density at radius 2 is 1.76 bits per heavy atom. The van der Waals surface area contributed by atoms with Crippen molar-refractivity contribution in [1.82, 2.24) is 9.80 Å². The zero-order valence-corrected chi connectivity index (χ0v) is 13.2. The highest BCUT2D eigenvalue weighted by atomic mass is 32.2. The zero-order chi connectivity index (χ0) is 14.9. The maximum atomic E-state index is 12.5. The number of thioether (sulfide) groups is 1. The lowest BCUT2D eigenvalue weighted by Gasteiger charge is -2.39. The van der Waals surface area contributed by atoms with Gasteiger partial charge in [-0.05, 0) is 38.5 Å². The average molecular weight is 312 g/mol. The molecule has 2 saturated heterocycles. The van der Waals surface area contributed by atoms with E-state index in [9.17, 15) is 14.7 Å². The fourth-order valence-corrected chi connectivity index (χ4v) is 4.18. The lowest BCUT2D eigenvalue weighted by atomic mass is 9.91. The van der Waals surface area contributed by atoms with E-state index >= 15 is 0 Å². The van der Waals surface area contributed by atoms with Crippen LogP contribution in [0.25, 0.3) is 0 Å². The first-order chi connectivity index (χ1) is 10.1. The molecule has 1 atom stereocenters. The molecule has 0 aromatic rings. The topological polar surface area (TPSA) is 60.9 Å². The second-order valence-corrected chi connectivity index (χ2v) is 7.75. The average Bonchev–Trinajstić information content (AvgIpc) is 3.16. The standard InChI is InChI=1S/C15H24N2O3S/c18-13(10-21-12-4-5-12)17-9-3-6-15(20,11-17)14(19)16-7-1-2-8-16/h12,20H,1-11H2. The summed E-state index contributed by atoms with van der Waals surface area (Å²) in [7, 11) is 0. The Morgan fingerprint density at radius 1 is 1.10 bits per heavy atom. The van der Waals surface area contributed by atoms with Crippen LogP contribution in [0.1, 0.15) is 38.5 Å². The van der Waals surface area contributed by atoms with E-state index < -0.39 is 5.60 Å². The summed E-state index contributed by atoms with van der Waals surface area (Å²) in [6, 6.07) is 0. The molecule has 0 aromatic carbocycles. The minimum atomic E-state index is -1.36. The second-order valence-electron chi connectivity index (χ2n) is 6.46. The van der Waals surface area contributed by atoms with Crippen molar-refractivity contribution < 1.29 is 14.7 Å². The molecule has 118 valence electrons. The number of β-amino-alcohol motifs (C(OH)–C–C–N with tert-alkyl or cyclic N) is 1. The van der Waals surface area contributed by atoms with Crippen LogP contribution in [-0.4, -0.2) is 69.5 Å². The van der Waals surface area contributed by atoms with Crippen molar-refractivity contribution in [2.75, 3.05) is 31.9 Å². The van der Waals surface area contributed by atoms with Gasteiger partial charge < -0.3 is 14.9 Å². The van der Waals surface area contributed by atoms with Crippen molar-refractivity contribution in [3.63, 3.8) is 0 Å². The molecule has 3 fully saturated rings. The summed E-state index contributed by atoms with van der Waals surface area (Å²) in [5, 5.41) is 11.4. The lowest BCUT2D eigenvalue weighted by molar-refractivity contribution is -0.158. The SMILES string of the molecule is O=C(CSC1CC1)N1CCCC(O)(C(=O)N2CCCC2)C1. The third kappa shape index (κ3) is 3.54. The fraction of sp³-hybridized carbons (Fsp3) is 0.867. The van der Waals surface area contributed by atoms with Gasteiger partial charge in [0.15, 0.2) is 5.60 Å². The van der Waals surface area contributed by atoms with Gasteiger partial charge in [-0.3, -0.25) is 9.59 Å². The van der Waals surface area contributed by atoms with E-state index in [1.54, 1.807) is 21.6 Å². The Bertz CT molecular complexity index is 421. The Balaban J connectivity index is 1.57. The van der Waals surface area contributed by atoms with Gasteiger partial charge in [-0.15, -0.1) is 11.8 Å². The molecule has 0 bridgehead atoms. The summed E-state index contributed by atoms with van der Waals surface area (Å²) in [4.78, 5) is 28.2. The maximum absolute atomic E-state index is 12.5. The third-order valence-corrected chi connectivity index (χ3v) is 5.94. The van der Waals surface area contributed by atoms with Crippen LogP contribution in [0, 0.1) is 0 Å². The van der Waals surface area contributed by atoms with Crippen molar-refractivity contribution in [3.05, 3.63) is 0 Å². The Labute approximate surface area is 130 Å². The predicted octanol–water partition coefficient (Wildman–Crippen LogP) is 0.858. The van der Waals surface area contributed by atoms with Gasteiger partial charge in [0, 0.05) is 24.9 Å². The lowest BCUT2D eigenvalue weighted by Crippen LogP contribution is -2.58. The molecule has 2 aliphatic heterocycles. The van der Waals surface area contributed by atoms with Gasteiger partial charge in [0.1, 0.15) is 0 Å². The molecule has 3 aliphatic rings. The molecule has 0 radical (unpaired) electrons. The van der Waals surface area contributed by atoms with Crippen LogP contribution in [-0.2, 0) is 9.59 Å². The summed E-state index contributed by atoms with van der Waals surface area (Å²) in [6.07, 6.45) is 5.65. The third-order valence-electron chi connectivity index (χ3n) is 4.58. The fourth-order valence-electron chi connectivity index (χ4n) is 3.15. The molecule has 0 aromatic heterocycles. The first kappa shape index (κ1) is 15.2. The summed E-state index contributed by atoms with van der Waals surface area (Å²) in [5.74, 6) is 0.380. The van der Waals surface area contributed by atoms with Gasteiger partial charge in [-0.2, -0.15) is 0 Å². The van der Waals surface area contributed by atoms with E-state index in [1.165, 1.54) is 12.8 Å². The molecule has 6 heteroatoms. The molecular weight excluding hydrogens is 288 g/mol. The van der Waals surface area contributed by atoms with Gasteiger partial charge in [-0.1, -0.05) is 0 Å². The van der Waals surface area contributed by atoms with Gasteiger partial charge in [-0.25, -0.2) is 0 Å². The van der Waals surface area contributed by atoms with Crippen molar-refractivity contribution in [2.24, 2.45) is 0 Å². The quantitative estimate of drug-likeness (QED) is 0.836. The van der Waals surface area contributed by atoms with Crippen molar-refractivity contribution >= 4 is 23.6 Å². The summed E-state index contributed by atoms with van der Waals surface area (Å²) in [5.41, 5.74) is -1.36. The van der Waals surface area contributed by atoms with Crippen LogP contribution in [0.4, 0.5) is 0 Å². The van der Waals surface area contributed by atoms with Gasteiger partial charge in [0.25, 0.3) is 5.91 Å². The largest absolute Gasteiger partial charge is 0.378 e. The van der Waals surface area contributed by atoms with Crippen molar-refractivity contribution in [3.8, 4) is 0 Å². The molecule has 3 rings (SSSR count).